The Hall–Kier alpha value is -1.09. The highest BCUT2D eigenvalue weighted by Crippen LogP contribution is 2.29. The summed E-state index contributed by atoms with van der Waals surface area (Å²) in [7, 11) is 2.16. The monoisotopic (exact) mass is 262 g/mol. The Morgan fingerprint density at radius 1 is 1.42 bits per heavy atom. The van der Waals surface area contributed by atoms with Gasteiger partial charge in [-0.1, -0.05) is 26.7 Å². The fraction of sp³-hybridized carbons (Fsp3) is 0.688. The van der Waals surface area contributed by atoms with Gasteiger partial charge in [0, 0.05) is 13.1 Å². The van der Waals surface area contributed by atoms with Gasteiger partial charge in [-0.25, -0.2) is 0 Å². The van der Waals surface area contributed by atoms with Gasteiger partial charge in [0.15, 0.2) is 0 Å². The van der Waals surface area contributed by atoms with Crippen LogP contribution in [0.3, 0.4) is 0 Å². The average Bonchev–Trinajstić information content (AvgIpc) is 2.46. The van der Waals surface area contributed by atoms with Gasteiger partial charge in [-0.05, 0) is 37.3 Å². The number of hydrogen-bond donors (Lipinski definition) is 1. The number of nitrogens with zero attached hydrogens (tertiary/aromatic N) is 2. The number of aliphatic hydroxyl groups excluding tert-OH is 1. The molecule has 1 N–H and O–H groups in total. The molecule has 0 saturated heterocycles. The number of pyridine rings is 1. The molecule has 1 heterocycles. The lowest BCUT2D eigenvalue weighted by molar-refractivity contribution is 0.169. The third-order valence-corrected chi connectivity index (χ3v) is 4.36. The van der Waals surface area contributed by atoms with Crippen LogP contribution < -0.4 is 4.90 Å². The maximum absolute atomic E-state index is 9.77. The predicted octanol–water partition coefficient (Wildman–Crippen LogP) is 3.54. The normalized spacial score (nSPS) is 25.1. The van der Waals surface area contributed by atoms with Crippen molar-refractivity contribution in [2.24, 2.45) is 5.92 Å². The van der Waals surface area contributed by atoms with Crippen LogP contribution in [0.5, 0.6) is 0 Å². The SMILES string of the molecule is CC[C@H](O)c1ccc(N(C)C2CCCC(C)C2)cn1. The molecule has 3 nitrogen and oxygen atoms in total. The zero-order valence-electron chi connectivity index (χ0n) is 12.3. The van der Waals surface area contributed by atoms with Crippen LogP contribution in [-0.2, 0) is 0 Å². The van der Waals surface area contributed by atoms with Crippen molar-refractivity contribution >= 4 is 5.69 Å². The van der Waals surface area contributed by atoms with E-state index >= 15 is 0 Å². The highest BCUT2D eigenvalue weighted by Gasteiger charge is 2.22. The van der Waals surface area contributed by atoms with E-state index in [0.29, 0.717) is 12.5 Å². The summed E-state index contributed by atoms with van der Waals surface area (Å²) >= 11 is 0. The van der Waals surface area contributed by atoms with Crippen LogP contribution in [0.1, 0.15) is 57.7 Å². The second-order valence-corrected chi connectivity index (χ2v) is 5.90. The number of rotatable bonds is 4. The second kappa shape index (κ2) is 6.38. The minimum Gasteiger partial charge on any atom is -0.387 e. The molecule has 3 heteroatoms. The van der Waals surface area contributed by atoms with E-state index in [-0.39, 0.29) is 0 Å². The lowest BCUT2D eigenvalue weighted by atomic mass is 9.86. The summed E-state index contributed by atoms with van der Waals surface area (Å²) in [4.78, 5) is 6.74. The fourth-order valence-electron chi connectivity index (χ4n) is 2.98. The van der Waals surface area contributed by atoms with Gasteiger partial charge in [0.1, 0.15) is 0 Å². The highest BCUT2D eigenvalue weighted by atomic mass is 16.3. The first-order valence-electron chi connectivity index (χ1n) is 7.48. The fourth-order valence-corrected chi connectivity index (χ4v) is 2.98. The van der Waals surface area contributed by atoms with Gasteiger partial charge in [-0.3, -0.25) is 4.98 Å². The molecule has 0 radical (unpaired) electrons. The van der Waals surface area contributed by atoms with E-state index in [9.17, 15) is 5.11 Å². The van der Waals surface area contributed by atoms with Crippen LogP contribution in [-0.4, -0.2) is 23.2 Å². The molecule has 1 aliphatic carbocycles. The Bertz CT molecular complexity index is 390. The molecule has 1 fully saturated rings. The zero-order valence-corrected chi connectivity index (χ0v) is 12.3. The van der Waals surface area contributed by atoms with Crippen molar-refractivity contribution < 1.29 is 5.11 Å². The smallest absolute Gasteiger partial charge is 0.0957 e. The molecule has 1 aliphatic rings. The Morgan fingerprint density at radius 3 is 2.79 bits per heavy atom. The summed E-state index contributed by atoms with van der Waals surface area (Å²) in [5, 5.41) is 9.77. The van der Waals surface area contributed by atoms with Gasteiger partial charge < -0.3 is 10.0 Å². The molecular formula is C16H26N2O. The minimum atomic E-state index is -0.436. The molecule has 0 amide bonds. The van der Waals surface area contributed by atoms with Crippen molar-refractivity contribution in [1.82, 2.24) is 4.98 Å². The molecule has 2 unspecified atom stereocenters. The number of anilines is 1. The Balaban J connectivity index is 2.04. The number of hydrogen-bond acceptors (Lipinski definition) is 3. The van der Waals surface area contributed by atoms with Crippen molar-refractivity contribution in [3.05, 3.63) is 24.0 Å². The molecule has 2 rings (SSSR count). The summed E-state index contributed by atoms with van der Waals surface area (Å²) in [6.45, 7) is 4.31. The summed E-state index contributed by atoms with van der Waals surface area (Å²) < 4.78 is 0. The maximum Gasteiger partial charge on any atom is 0.0957 e. The van der Waals surface area contributed by atoms with Crippen LogP contribution >= 0.6 is 0 Å². The van der Waals surface area contributed by atoms with E-state index in [1.807, 2.05) is 19.2 Å². The van der Waals surface area contributed by atoms with Crippen molar-refractivity contribution in [2.45, 2.75) is 58.1 Å². The van der Waals surface area contributed by atoms with E-state index in [1.165, 1.54) is 25.7 Å². The first kappa shape index (κ1) is 14.3. The molecule has 0 bridgehead atoms. The van der Waals surface area contributed by atoms with E-state index in [0.717, 1.165) is 17.3 Å². The minimum absolute atomic E-state index is 0.436. The average molecular weight is 262 g/mol. The molecule has 19 heavy (non-hydrogen) atoms. The van der Waals surface area contributed by atoms with Crippen molar-refractivity contribution in [3.8, 4) is 0 Å². The third-order valence-electron chi connectivity index (χ3n) is 4.36. The quantitative estimate of drug-likeness (QED) is 0.901. The van der Waals surface area contributed by atoms with Gasteiger partial charge in [0.25, 0.3) is 0 Å². The van der Waals surface area contributed by atoms with Crippen LogP contribution in [0.15, 0.2) is 18.3 Å². The van der Waals surface area contributed by atoms with Crippen molar-refractivity contribution in [3.63, 3.8) is 0 Å². The summed E-state index contributed by atoms with van der Waals surface area (Å²) in [5.74, 6) is 0.829. The Kier molecular flexibility index (Phi) is 4.81. The molecule has 106 valence electrons. The second-order valence-electron chi connectivity index (χ2n) is 5.90. The van der Waals surface area contributed by atoms with Crippen LogP contribution in [0.25, 0.3) is 0 Å². The van der Waals surface area contributed by atoms with Gasteiger partial charge >= 0.3 is 0 Å². The maximum atomic E-state index is 9.77. The molecule has 1 aromatic heterocycles. The largest absolute Gasteiger partial charge is 0.387 e. The van der Waals surface area contributed by atoms with Crippen molar-refractivity contribution in [1.29, 1.82) is 0 Å². The van der Waals surface area contributed by atoms with E-state index < -0.39 is 6.10 Å². The summed E-state index contributed by atoms with van der Waals surface area (Å²) in [6, 6.07) is 4.67. The molecular weight excluding hydrogens is 236 g/mol. The summed E-state index contributed by atoms with van der Waals surface area (Å²) in [5.41, 5.74) is 1.93. The molecule has 0 spiro atoms. The van der Waals surface area contributed by atoms with Crippen LogP contribution in [0, 0.1) is 5.92 Å². The lowest BCUT2D eigenvalue weighted by Crippen LogP contribution is -2.35. The van der Waals surface area contributed by atoms with E-state index in [2.05, 4.69) is 29.9 Å². The van der Waals surface area contributed by atoms with E-state index in [4.69, 9.17) is 0 Å². The zero-order chi connectivity index (χ0) is 13.8. The topological polar surface area (TPSA) is 36.4 Å². The van der Waals surface area contributed by atoms with Gasteiger partial charge in [0.2, 0.25) is 0 Å². The third kappa shape index (κ3) is 3.47. The van der Waals surface area contributed by atoms with Crippen molar-refractivity contribution in [2.75, 3.05) is 11.9 Å². The first-order chi connectivity index (χ1) is 9.11. The Morgan fingerprint density at radius 2 is 2.21 bits per heavy atom. The van der Waals surface area contributed by atoms with E-state index in [1.54, 1.807) is 0 Å². The molecule has 1 saturated carbocycles. The first-order valence-corrected chi connectivity index (χ1v) is 7.48. The number of aromatic nitrogens is 1. The molecule has 0 aromatic carbocycles. The van der Waals surface area contributed by atoms with Gasteiger partial charge in [-0.2, -0.15) is 0 Å². The van der Waals surface area contributed by atoms with Gasteiger partial charge in [-0.15, -0.1) is 0 Å². The van der Waals surface area contributed by atoms with Gasteiger partial charge in [0.05, 0.1) is 23.7 Å². The Labute approximate surface area is 116 Å². The van der Waals surface area contributed by atoms with Crippen LogP contribution in [0.4, 0.5) is 5.69 Å². The van der Waals surface area contributed by atoms with Crippen LogP contribution in [0.2, 0.25) is 0 Å². The standard InChI is InChI=1S/C16H26N2O/c1-4-16(19)15-9-8-14(11-17-15)18(3)13-7-5-6-12(2)10-13/h8-9,11-13,16,19H,4-7,10H2,1-3H3/t12?,13?,16-/m0/s1. The lowest BCUT2D eigenvalue weighted by Gasteiger charge is -2.35. The number of aliphatic hydroxyl groups is 1. The molecule has 1 aromatic rings. The highest BCUT2D eigenvalue weighted by molar-refractivity contribution is 5.45. The summed E-state index contributed by atoms with van der Waals surface area (Å²) in [6.07, 6.45) is 7.42. The molecule has 0 aliphatic heterocycles. The predicted molar refractivity (Wildman–Crippen MR) is 79.3 cm³/mol. The molecule has 3 atom stereocenters.